The number of carbonyl (C=O) groups is 2. The number of fused-ring (bicyclic) bond motifs is 3. The van der Waals surface area contributed by atoms with Crippen molar-refractivity contribution in [2.75, 3.05) is 76.0 Å². The summed E-state index contributed by atoms with van der Waals surface area (Å²) >= 11 is 0. The Morgan fingerprint density at radius 3 is 0.919 bits per heavy atom. The summed E-state index contributed by atoms with van der Waals surface area (Å²) in [5.74, 6) is 4.79. The van der Waals surface area contributed by atoms with E-state index in [9.17, 15) is 24.0 Å². The number of nitrogens with zero attached hydrogens (tertiary/aromatic N) is 4. The Balaban J connectivity index is 0.000000228. The van der Waals surface area contributed by atoms with Gasteiger partial charge in [-0.05, 0) is 265 Å². The Labute approximate surface area is 585 Å². The fraction of sp³-hybridized carbons (Fsp3) is 0.321. The SMILES string of the molecule is CC.CC(=O)c1c(C)c2ccc(N(C)C)cc2oc1=O.CC(=O)c1c(C)c2ccc(N(C)C)cc2oc1=O.CC1=CC(=C(C)C)C=C(/C=C(\C)c2c(C)c3ccc(N(C)C)cc3oc2=O)O1.CC1=CC(=C(C)C)C=C(/C=C(\C)c2ccc(N(C)C)cc2)O1.CC1=CC(=C(C)C)C=C(C)O1. The average Bonchev–Trinajstić information content (AvgIpc) is 0.793. The molecule has 0 unspecified atom stereocenters. The highest BCUT2D eigenvalue weighted by molar-refractivity contribution is 6.00. The van der Waals surface area contributed by atoms with Gasteiger partial charge >= 0.3 is 16.9 Å². The van der Waals surface area contributed by atoms with Crippen LogP contribution in [0, 0.1) is 20.8 Å². The average molecular weight is 1340 g/mol. The number of rotatable bonds is 10. The summed E-state index contributed by atoms with van der Waals surface area (Å²) in [7, 11) is 15.7. The van der Waals surface area contributed by atoms with Crippen LogP contribution in [0.1, 0.15) is 159 Å². The minimum absolute atomic E-state index is 0.139. The zero-order valence-corrected chi connectivity index (χ0v) is 63.4. The molecule has 0 amide bonds. The Hall–Kier alpha value is -10.4. The minimum Gasteiger partial charge on any atom is -0.467 e. The van der Waals surface area contributed by atoms with E-state index in [1.165, 1.54) is 58.5 Å². The topological polar surface area (TPSA) is 165 Å². The lowest BCUT2D eigenvalue weighted by Gasteiger charge is -2.16. The number of benzene rings is 4. The summed E-state index contributed by atoms with van der Waals surface area (Å²) in [6.07, 6.45) is 16.3. The van der Waals surface area contributed by atoms with Crippen molar-refractivity contribution in [3.8, 4) is 0 Å². The lowest BCUT2D eigenvalue weighted by molar-refractivity contribution is 0.100. The van der Waals surface area contributed by atoms with Crippen molar-refractivity contribution in [2.45, 2.75) is 132 Å². The van der Waals surface area contributed by atoms with Crippen molar-refractivity contribution in [3.05, 3.63) is 266 Å². The highest BCUT2D eigenvalue weighted by Crippen LogP contribution is 2.32. The van der Waals surface area contributed by atoms with Gasteiger partial charge in [-0.15, -0.1) is 0 Å². The van der Waals surface area contributed by atoms with Gasteiger partial charge in [-0.1, -0.05) is 42.7 Å². The molecule has 99 heavy (non-hydrogen) atoms. The lowest BCUT2D eigenvalue weighted by atomic mass is 9.99. The summed E-state index contributed by atoms with van der Waals surface area (Å²) in [6.45, 7) is 36.7. The summed E-state index contributed by atoms with van der Waals surface area (Å²) in [6, 6.07) is 25.7. The predicted molar refractivity (Wildman–Crippen MR) is 414 cm³/mol. The van der Waals surface area contributed by atoms with Crippen LogP contribution in [0.15, 0.2) is 223 Å². The third-order valence-corrected chi connectivity index (χ3v) is 16.3. The third kappa shape index (κ3) is 21.1. The van der Waals surface area contributed by atoms with Gasteiger partial charge in [0, 0.05) is 113 Å². The van der Waals surface area contributed by atoms with E-state index in [-0.39, 0.29) is 28.3 Å². The fourth-order valence-corrected chi connectivity index (χ4v) is 10.9. The van der Waals surface area contributed by atoms with Crippen LogP contribution in [0.2, 0.25) is 0 Å². The van der Waals surface area contributed by atoms with Crippen LogP contribution in [-0.4, -0.2) is 67.9 Å². The third-order valence-electron chi connectivity index (χ3n) is 16.3. The molecule has 4 aromatic carbocycles. The molecular weight excluding hydrogens is 1240 g/mol. The van der Waals surface area contributed by atoms with Gasteiger partial charge in [0.15, 0.2) is 11.6 Å². The Bertz CT molecular complexity index is 4610. The Morgan fingerprint density at radius 1 is 0.343 bits per heavy atom. The molecule has 0 saturated carbocycles. The van der Waals surface area contributed by atoms with Crippen molar-refractivity contribution in [3.63, 3.8) is 0 Å². The van der Waals surface area contributed by atoms with E-state index < -0.39 is 11.3 Å². The molecule has 0 aliphatic carbocycles. The van der Waals surface area contributed by atoms with Crippen molar-refractivity contribution in [1.29, 1.82) is 0 Å². The molecule has 0 saturated heterocycles. The standard InChI is InChI=1S/C24H27NO3.C20H25NO.2C14H15NO3.C10H14O.C2H6/c1-14(2)18-11-16(4)27-20(12-18)10-15(3)23-17(5)21-9-8-19(25(6)7)13-22(21)28-24(23)26;1-14(2)18-12-16(4)22-20(13-18)11-15(3)17-7-9-19(10-8-17)21(5)6;2*1-8-11-6-5-10(15(3)4)7-12(11)18-14(17)13(8)9(2)16;1-7(2)10-5-8(3)11-9(4)6-10;1-2/h8-13H,1-7H3;7-13H,1-6H3;2*5-7H,1-4H3;5-6H,1-4H3;1-2H3/b15-10+;15-11+;;;;. The van der Waals surface area contributed by atoms with Gasteiger partial charge in [-0.2, -0.15) is 0 Å². The number of allylic oxidation sites excluding steroid dienone is 20. The second kappa shape index (κ2) is 35.2. The summed E-state index contributed by atoms with van der Waals surface area (Å²) in [5.41, 5.74) is 18.0. The molecule has 15 heteroatoms. The van der Waals surface area contributed by atoms with Crippen molar-refractivity contribution in [2.24, 2.45) is 0 Å². The zero-order chi connectivity index (χ0) is 74.2. The number of ether oxygens (including phenoxy) is 3. The summed E-state index contributed by atoms with van der Waals surface area (Å²) in [5, 5.41) is 2.53. The van der Waals surface area contributed by atoms with E-state index >= 15 is 0 Å². The van der Waals surface area contributed by atoms with Gasteiger partial charge in [0.25, 0.3) is 0 Å². The Kier molecular flexibility index (Phi) is 28.2. The van der Waals surface area contributed by atoms with Crippen LogP contribution < -0.4 is 36.5 Å². The maximum absolute atomic E-state index is 12.8. The number of aryl methyl sites for hydroxylation is 3. The van der Waals surface area contributed by atoms with Crippen LogP contribution in [0.3, 0.4) is 0 Å². The molecule has 7 aromatic rings. The van der Waals surface area contributed by atoms with Gasteiger partial charge in [0.2, 0.25) is 0 Å². The first-order valence-corrected chi connectivity index (χ1v) is 33.1. The molecule has 0 spiro atoms. The van der Waals surface area contributed by atoms with Gasteiger partial charge in [0.05, 0.1) is 5.56 Å². The maximum Gasteiger partial charge on any atom is 0.347 e. The number of carbonyl (C=O) groups excluding carboxylic acids is 2. The number of hydrogen-bond donors (Lipinski definition) is 0. The highest BCUT2D eigenvalue weighted by atomic mass is 16.5. The molecule has 10 rings (SSSR count). The zero-order valence-electron chi connectivity index (χ0n) is 63.4. The largest absolute Gasteiger partial charge is 0.467 e. The van der Waals surface area contributed by atoms with Crippen LogP contribution in [0.5, 0.6) is 0 Å². The van der Waals surface area contributed by atoms with Gasteiger partial charge in [-0.25, -0.2) is 14.4 Å². The number of anilines is 4. The van der Waals surface area contributed by atoms with Gasteiger partial charge in [-0.3, -0.25) is 9.59 Å². The molecular formula is C84H102N4O11. The smallest absolute Gasteiger partial charge is 0.347 e. The molecule has 3 aromatic heterocycles. The first-order valence-electron chi connectivity index (χ1n) is 33.1. The first kappa shape index (κ1) is 79.3. The highest BCUT2D eigenvalue weighted by Gasteiger charge is 2.19. The molecule has 0 fully saturated rings. The van der Waals surface area contributed by atoms with Gasteiger partial charge in [0.1, 0.15) is 62.4 Å². The molecule has 0 atom stereocenters. The quantitative estimate of drug-likeness (QED) is 0.0937. The van der Waals surface area contributed by atoms with E-state index in [1.54, 1.807) is 26.0 Å². The van der Waals surface area contributed by atoms with Crippen molar-refractivity contribution < 1.29 is 37.1 Å². The fourth-order valence-electron chi connectivity index (χ4n) is 10.9. The van der Waals surface area contributed by atoms with E-state index in [0.717, 1.165) is 84.5 Å². The number of hydrogen-bond acceptors (Lipinski definition) is 15. The molecule has 524 valence electrons. The first-order chi connectivity index (χ1) is 46.5. The molecule has 3 aliphatic rings. The van der Waals surface area contributed by atoms with Crippen molar-refractivity contribution >= 4 is 78.4 Å². The number of ketones is 2. The van der Waals surface area contributed by atoms with E-state index in [4.69, 9.17) is 27.5 Å². The van der Waals surface area contributed by atoms with Crippen LogP contribution in [0.4, 0.5) is 22.7 Å². The molecule has 15 nitrogen and oxygen atoms in total. The molecule has 6 heterocycles. The number of Topliss-reactive ketones (excluding diaryl/α,β-unsaturated/α-hetero) is 2. The lowest BCUT2D eigenvalue weighted by Crippen LogP contribution is -2.14. The molecule has 0 bridgehead atoms. The second-order valence-corrected chi connectivity index (χ2v) is 25.9. The van der Waals surface area contributed by atoms with Gasteiger partial charge < -0.3 is 47.1 Å². The molecule has 0 N–H and O–H groups in total. The monoisotopic (exact) mass is 1340 g/mol. The summed E-state index contributed by atoms with van der Waals surface area (Å²) in [4.78, 5) is 67.1. The predicted octanol–water partition coefficient (Wildman–Crippen LogP) is 20.0. The summed E-state index contributed by atoms with van der Waals surface area (Å²) < 4.78 is 33.1. The van der Waals surface area contributed by atoms with Crippen LogP contribution in [0.25, 0.3) is 44.1 Å². The van der Waals surface area contributed by atoms with Crippen molar-refractivity contribution in [1.82, 2.24) is 0 Å². The Morgan fingerprint density at radius 2 is 0.616 bits per heavy atom. The second-order valence-electron chi connectivity index (χ2n) is 25.9. The maximum atomic E-state index is 12.8. The molecule has 0 radical (unpaired) electrons. The minimum atomic E-state index is -0.566. The molecule has 3 aliphatic heterocycles. The normalized spacial score (nSPS) is 13.3. The van der Waals surface area contributed by atoms with E-state index in [2.05, 4.69) is 122 Å². The van der Waals surface area contributed by atoms with E-state index in [0.29, 0.717) is 33.4 Å². The van der Waals surface area contributed by atoms with E-state index in [1.807, 2.05) is 173 Å². The van der Waals surface area contributed by atoms with Crippen LogP contribution in [-0.2, 0) is 14.2 Å². The van der Waals surface area contributed by atoms with Crippen LogP contribution >= 0.6 is 0 Å².